The molecule has 1 aromatic rings. The molecule has 2 aliphatic heterocycles. The highest BCUT2D eigenvalue weighted by atomic mass is 19.1. The van der Waals surface area contributed by atoms with Crippen LogP contribution in [0.3, 0.4) is 0 Å². The molecule has 15 heavy (non-hydrogen) atoms. The van der Waals surface area contributed by atoms with E-state index < -0.39 is 0 Å². The molecule has 2 heterocycles. The minimum atomic E-state index is -0.131. The molecule has 0 aliphatic carbocycles. The van der Waals surface area contributed by atoms with Gasteiger partial charge in [-0.3, -0.25) is 0 Å². The molecule has 3 nitrogen and oxygen atoms in total. The molecule has 0 aromatic heterocycles. The van der Waals surface area contributed by atoms with E-state index in [9.17, 15) is 4.39 Å². The Morgan fingerprint density at radius 3 is 3.00 bits per heavy atom. The van der Waals surface area contributed by atoms with Crippen molar-refractivity contribution in [2.24, 2.45) is 4.99 Å². The summed E-state index contributed by atoms with van der Waals surface area (Å²) in [5.41, 5.74) is 1.81. The molecule has 0 amide bonds. The molecule has 3 rings (SSSR count). The topological polar surface area (TPSA) is 24.8 Å². The van der Waals surface area contributed by atoms with E-state index in [-0.39, 0.29) is 5.82 Å². The van der Waals surface area contributed by atoms with Gasteiger partial charge in [0.1, 0.15) is 12.4 Å². The lowest BCUT2D eigenvalue weighted by Gasteiger charge is -2.15. The van der Waals surface area contributed by atoms with Gasteiger partial charge >= 0.3 is 0 Å². The second kappa shape index (κ2) is 3.22. The molecule has 1 aromatic carbocycles. The average Bonchev–Trinajstić information content (AvgIpc) is 2.86. The Hall–Kier alpha value is -1.58. The van der Waals surface area contributed by atoms with Gasteiger partial charge in [-0.2, -0.15) is 0 Å². The summed E-state index contributed by atoms with van der Waals surface area (Å²) in [5.74, 6) is -0.131. The number of halogens is 1. The van der Waals surface area contributed by atoms with Crippen LogP contribution < -0.4 is 0 Å². The molecule has 0 saturated carbocycles. The van der Waals surface area contributed by atoms with Crippen molar-refractivity contribution in [3.05, 3.63) is 35.1 Å². The van der Waals surface area contributed by atoms with E-state index in [1.165, 1.54) is 6.07 Å². The van der Waals surface area contributed by atoms with Crippen LogP contribution in [-0.4, -0.2) is 24.1 Å². The van der Waals surface area contributed by atoms with Crippen molar-refractivity contribution in [1.29, 1.82) is 0 Å². The van der Waals surface area contributed by atoms with Gasteiger partial charge in [0, 0.05) is 12.1 Å². The maximum absolute atomic E-state index is 13.4. The lowest BCUT2D eigenvalue weighted by atomic mass is 10.1. The van der Waals surface area contributed by atoms with Crippen molar-refractivity contribution < 1.29 is 9.13 Å². The van der Waals surface area contributed by atoms with E-state index in [1.807, 2.05) is 11.0 Å². The molecule has 0 radical (unpaired) electrons. The van der Waals surface area contributed by atoms with Gasteiger partial charge < -0.3 is 9.64 Å². The SMILES string of the molecule is Fc1cccc2c1CN(C1=NCCO1)C2. The summed E-state index contributed by atoms with van der Waals surface area (Å²) in [6.45, 7) is 2.63. The van der Waals surface area contributed by atoms with E-state index >= 15 is 0 Å². The second-order valence-corrected chi connectivity index (χ2v) is 3.75. The fourth-order valence-electron chi connectivity index (χ4n) is 2.03. The Labute approximate surface area is 87.2 Å². The van der Waals surface area contributed by atoms with E-state index in [0.717, 1.165) is 11.1 Å². The molecule has 0 fully saturated rings. The van der Waals surface area contributed by atoms with Gasteiger partial charge in [-0.25, -0.2) is 9.38 Å². The van der Waals surface area contributed by atoms with Gasteiger partial charge in [0.25, 0.3) is 6.02 Å². The maximum Gasteiger partial charge on any atom is 0.288 e. The quantitative estimate of drug-likeness (QED) is 0.643. The third-order valence-electron chi connectivity index (χ3n) is 2.77. The Balaban J connectivity index is 1.89. The maximum atomic E-state index is 13.4. The summed E-state index contributed by atoms with van der Waals surface area (Å²) in [6, 6.07) is 5.85. The summed E-state index contributed by atoms with van der Waals surface area (Å²) >= 11 is 0. The Bertz CT molecular complexity index is 431. The van der Waals surface area contributed by atoms with E-state index in [0.29, 0.717) is 32.3 Å². The van der Waals surface area contributed by atoms with Crippen LogP contribution in [0.25, 0.3) is 0 Å². The van der Waals surface area contributed by atoms with Crippen LogP contribution in [0, 0.1) is 5.82 Å². The van der Waals surface area contributed by atoms with Gasteiger partial charge in [-0.05, 0) is 11.6 Å². The van der Waals surface area contributed by atoms with Crippen molar-refractivity contribution in [2.45, 2.75) is 13.1 Å². The third kappa shape index (κ3) is 1.37. The zero-order valence-electron chi connectivity index (χ0n) is 8.24. The molecule has 0 bridgehead atoms. The predicted molar refractivity (Wildman–Crippen MR) is 53.9 cm³/mol. The second-order valence-electron chi connectivity index (χ2n) is 3.75. The number of fused-ring (bicyclic) bond motifs is 1. The Kier molecular flexibility index (Phi) is 1.87. The lowest BCUT2D eigenvalue weighted by Crippen LogP contribution is -2.25. The van der Waals surface area contributed by atoms with Gasteiger partial charge in [-0.1, -0.05) is 12.1 Å². The minimum Gasteiger partial charge on any atom is -0.463 e. The molecule has 78 valence electrons. The van der Waals surface area contributed by atoms with Crippen molar-refractivity contribution in [2.75, 3.05) is 13.2 Å². The van der Waals surface area contributed by atoms with Crippen LogP contribution in [0.2, 0.25) is 0 Å². The van der Waals surface area contributed by atoms with E-state index in [2.05, 4.69) is 4.99 Å². The molecule has 0 atom stereocenters. The zero-order chi connectivity index (χ0) is 10.3. The number of ether oxygens (including phenoxy) is 1. The monoisotopic (exact) mass is 206 g/mol. The first kappa shape index (κ1) is 8.71. The number of hydrogen-bond acceptors (Lipinski definition) is 3. The largest absolute Gasteiger partial charge is 0.463 e. The van der Waals surface area contributed by atoms with Crippen molar-refractivity contribution in [1.82, 2.24) is 4.90 Å². The smallest absolute Gasteiger partial charge is 0.288 e. The molecular formula is C11H11FN2O. The van der Waals surface area contributed by atoms with Crippen LogP contribution in [0.1, 0.15) is 11.1 Å². The fraction of sp³-hybridized carbons (Fsp3) is 0.364. The molecular weight excluding hydrogens is 195 g/mol. The van der Waals surface area contributed by atoms with E-state index in [1.54, 1.807) is 6.07 Å². The first-order valence-electron chi connectivity index (χ1n) is 5.03. The van der Waals surface area contributed by atoms with Crippen LogP contribution >= 0.6 is 0 Å². The first-order valence-corrected chi connectivity index (χ1v) is 5.03. The number of amidine groups is 1. The first-order chi connectivity index (χ1) is 7.34. The standard InChI is InChI=1S/C11H11FN2O/c12-10-3-1-2-8-6-14(7-9(8)10)11-13-4-5-15-11/h1-3H,4-7H2. The van der Waals surface area contributed by atoms with Crippen molar-refractivity contribution >= 4 is 6.02 Å². The normalized spacial score (nSPS) is 18.7. The fourth-order valence-corrected chi connectivity index (χ4v) is 2.03. The summed E-state index contributed by atoms with van der Waals surface area (Å²) in [4.78, 5) is 6.20. The highest BCUT2D eigenvalue weighted by Crippen LogP contribution is 2.25. The number of nitrogens with zero attached hydrogens (tertiary/aromatic N) is 2. The van der Waals surface area contributed by atoms with E-state index in [4.69, 9.17) is 4.74 Å². The third-order valence-corrected chi connectivity index (χ3v) is 2.77. The zero-order valence-corrected chi connectivity index (χ0v) is 8.24. The van der Waals surface area contributed by atoms with Crippen LogP contribution in [0.5, 0.6) is 0 Å². The van der Waals surface area contributed by atoms with Gasteiger partial charge in [0.15, 0.2) is 0 Å². The predicted octanol–water partition coefficient (Wildman–Crippen LogP) is 1.53. The molecule has 0 spiro atoms. The summed E-state index contributed by atoms with van der Waals surface area (Å²) in [6.07, 6.45) is 0. The minimum absolute atomic E-state index is 0.131. The van der Waals surface area contributed by atoms with Crippen LogP contribution in [-0.2, 0) is 17.8 Å². The molecule has 2 aliphatic rings. The number of hydrogen-bond donors (Lipinski definition) is 0. The van der Waals surface area contributed by atoms with Gasteiger partial charge in [0.05, 0.1) is 13.1 Å². The molecule has 0 unspecified atom stereocenters. The lowest BCUT2D eigenvalue weighted by molar-refractivity contribution is 0.264. The summed E-state index contributed by atoms with van der Waals surface area (Å²) in [5, 5.41) is 0. The summed E-state index contributed by atoms with van der Waals surface area (Å²) < 4.78 is 18.8. The Morgan fingerprint density at radius 1 is 1.33 bits per heavy atom. The highest BCUT2D eigenvalue weighted by molar-refractivity contribution is 5.75. The van der Waals surface area contributed by atoms with Gasteiger partial charge in [0.2, 0.25) is 0 Å². The Morgan fingerprint density at radius 2 is 2.27 bits per heavy atom. The molecule has 4 heteroatoms. The number of benzene rings is 1. The summed E-state index contributed by atoms with van der Waals surface area (Å²) in [7, 11) is 0. The number of rotatable bonds is 0. The van der Waals surface area contributed by atoms with Crippen LogP contribution in [0.4, 0.5) is 4.39 Å². The molecule has 0 saturated heterocycles. The average molecular weight is 206 g/mol. The van der Waals surface area contributed by atoms with Crippen molar-refractivity contribution in [3.8, 4) is 0 Å². The highest BCUT2D eigenvalue weighted by Gasteiger charge is 2.26. The van der Waals surface area contributed by atoms with Gasteiger partial charge in [-0.15, -0.1) is 0 Å². The molecule has 0 N–H and O–H groups in total. The number of aliphatic imine (C=N–C) groups is 1. The van der Waals surface area contributed by atoms with Crippen molar-refractivity contribution in [3.63, 3.8) is 0 Å². The van der Waals surface area contributed by atoms with Crippen LogP contribution in [0.15, 0.2) is 23.2 Å².